The van der Waals surface area contributed by atoms with Crippen molar-refractivity contribution in [2.75, 3.05) is 18.5 Å². The zero-order valence-electron chi connectivity index (χ0n) is 12.9. The SMILES string of the molecule is FCCN1[C@@H]2CC[C@H]1C[C@H](Nc1nc(Cl)cc3ncccc13)C2. The summed E-state index contributed by atoms with van der Waals surface area (Å²) in [4.78, 5) is 11.2. The second kappa shape index (κ2) is 6.21. The maximum Gasteiger partial charge on any atom is 0.137 e. The van der Waals surface area contributed by atoms with E-state index in [9.17, 15) is 4.39 Å². The van der Waals surface area contributed by atoms with Gasteiger partial charge in [0, 0.05) is 42.3 Å². The van der Waals surface area contributed by atoms with Crippen LogP contribution in [0.1, 0.15) is 25.7 Å². The van der Waals surface area contributed by atoms with E-state index in [1.807, 2.05) is 12.1 Å². The van der Waals surface area contributed by atoms with Crippen LogP contribution in [0.25, 0.3) is 10.9 Å². The Morgan fingerprint density at radius 2 is 2.09 bits per heavy atom. The number of alkyl halides is 1. The molecule has 2 aliphatic heterocycles. The highest BCUT2D eigenvalue weighted by molar-refractivity contribution is 6.30. The Morgan fingerprint density at radius 1 is 1.30 bits per heavy atom. The van der Waals surface area contributed by atoms with Gasteiger partial charge in [-0.2, -0.15) is 0 Å². The van der Waals surface area contributed by atoms with Crippen molar-refractivity contribution in [1.82, 2.24) is 14.9 Å². The highest BCUT2D eigenvalue weighted by Gasteiger charge is 2.40. The number of piperidine rings is 1. The lowest BCUT2D eigenvalue weighted by Gasteiger charge is -2.39. The summed E-state index contributed by atoms with van der Waals surface area (Å²) in [6.07, 6.45) is 6.18. The van der Waals surface area contributed by atoms with Crippen LogP contribution >= 0.6 is 11.6 Å². The molecule has 0 aromatic carbocycles. The van der Waals surface area contributed by atoms with E-state index in [0.717, 1.165) is 29.6 Å². The minimum absolute atomic E-state index is 0.253. The van der Waals surface area contributed by atoms with Crippen LogP contribution in [0.5, 0.6) is 0 Å². The maximum atomic E-state index is 12.7. The third kappa shape index (κ3) is 2.88. The molecule has 0 spiro atoms. The van der Waals surface area contributed by atoms with Gasteiger partial charge in [-0.3, -0.25) is 9.88 Å². The van der Waals surface area contributed by atoms with Crippen LogP contribution in [0.3, 0.4) is 0 Å². The van der Waals surface area contributed by atoms with Crippen LogP contribution < -0.4 is 5.32 Å². The Hall–Kier alpha value is -1.46. The predicted molar refractivity (Wildman–Crippen MR) is 90.7 cm³/mol. The summed E-state index contributed by atoms with van der Waals surface area (Å²) < 4.78 is 12.7. The quantitative estimate of drug-likeness (QED) is 0.866. The highest BCUT2D eigenvalue weighted by Crippen LogP contribution is 2.37. The van der Waals surface area contributed by atoms with Gasteiger partial charge in [0.1, 0.15) is 17.6 Å². The number of aromatic nitrogens is 2. The van der Waals surface area contributed by atoms with Crippen LogP contribution in [0.2, 0.25) is 5.15 Å². The second-order valence-corrected chi connectivity index (χ2v) is 6.88. The molecule has 4 nitrogen and oxygen atoms in total. The molecule has 0 aliphatic carbocycles. The van der Waals surface area contributed by atoms with Crippen molar-refractivity contribution in [3.8, 4) is 0 Å². The van der Waals surface area contributed by atoms with E-state index >= 15 is 0 Å². The minimum atomic E-state index is -0.253. The van der Waals surface area contributed by atoms with Gasteiger partial charge in [0.15, 0.2) is 0 Å². The average Bonchev–Trinajstić information content (AvgIpc) is 2.78. The Balaban J connectivity index is 1.56. The zero-order valence-corrected chi connectivity index (χ0v) is 13.6. The maximum absolute atomic E-state index is 12.7. The van der Waals surface area contributed by atoms with Crippen molar-refractivity contribution >= 4 is 28.3 Å². The van der Waals surface area contributed by atoms with Gasteiger partial charge >= 0.3 is 0 Å². The molecule has 23 heavy (non-hydrogen) atoms. The molecule has 3 atom stereocenters. The largest absolute Gasteiger partial charge is 0.367 e. The third-order valence-corrected chi connectivity index (χ3v) is 5.33. The molecule has 2 saturated heterocycles. The molecule has 0 amide bonds. The molecule has 0 saturated carbocycles. The Morgan fingerprint density at radius 3 is 2.83 bits per heavy atom. The van der Waals surface area contributed by atoms with Crippen molar-refractivity contribution in [2.24, 2.45) is 0 Å². The number of fused-ring (bicyclic) bond motifs is 3. The molecular weight excluding hydrogens is 315 g/mol. The van der Waals surface area contributed by atoms with Gasteiger partial charge in [-0.25, -0.2) is 9.37 Å². The first kappa shape index (κ1) is 15.1. The fourth-order valence-corrected chi connectivity index (χ4v) is 4.39. The van der Waals surface area contributed by atoms with Crippen molar-refractivity contribution in [2.45, 2.75) is 43.8 Å². The van der Waals surface area contributed by atoms with Crippen LogP contribution in [-0.4, -0.2) is 46.2 Å². The number of hydrogen-bond donors (Lipinski definition) is 1. The number of hydrogen-bond acceptors (Lipinski definition) is 4. The smallest absolute Gasteiger partial charge is 0.137 e. The number of pyridine rings is 2. The fourth-order valence-electron chi connectivity index (χ4n) is 4.20. The lowest BCUT2D eigenvalue weighted by molar-refractivity contribution is 0.123. The van der Waals surface area contributed by atoms with Crippen LogP contribution in [0.4, 0.5) is 10.2 Å². The van der Waals surface area contributed by atoms with Crippen molar-refractivity contribution in [3.63, 3.8) is 0 Å². The van der Waals surface area contributed by atoms with E-state index in [-0.39, 0.29) is 6.67 Å². The zero-order chi connectivity index (χ0) is 15.8. The lowest BCUT2D eigenvalue weighted by Crippen LogP contribution is -2.47. The first-order valence-electron chi connectivity index (χ1n) is 8.24. The summed E-state index contributed by atoms with van der Waals surface area (Å²) in [6.45, 7) is 0.321. The average molecular weight is 335 g/mol. The number of halogens is 2. The second-order valence-electron chi connectivity index (χ2n) is 6.49. The molecule has 0 unspecified atom stereocenters. The van der Waals surface area contributed by atoms with E-state index in [2.05, 4.69) is 20.2 Å². The lowest BCUT2D eigenvalue weighted by atomic mass is 9.97. The van der Waals surface area contributed by atoms with Gasteiger partial charge in [0.2, 0.25) is 0 Å². The highest BCUT2D eigenvalue weighted by atomic mass is 35.5. The molecule has 2 aromatic heterocycles. The molecule has 2 aliphatic rings. The number of nitrogens with zero attached hydrogens (tertiary/aromatic N) is 3. The summed E-state index contributed by atoms with van der Waals surface area (Å²) in [5.74, 6) is 0.809. The Bertz CT molecular complexity index is 696. The fraction of sp³-hybridized carbons (Fsp3) is 0.529. The molecule has 6 heteroatoms. The van der Waals surface area contributed by atoms with Gasteiger partial charge in [-0.1, -0.05) is 11.6 Å². The third-order valence-electron chi connectivity index (χ3n) is 5.14. The van der Waals surface area contributed by atoms with Gasteiger partial charge < -0.3 is 5.32 Å². The molecule has 2 aromatic rings. The molecule has 4 heterocycles. The van der Waals surface area contributed by atoms with E-state index < -0.39 is 0 Å². The molecule has 0 radical (unpaired) electrons. The van der Waals surface area contributed by atoms with Crippen LogP contribution in [0, 0.1) is 0 Å². The first-order valence-corrected chi connectivity index (χ1v) is 8.62. The molecule has 2 fully saturated rings. The first-order chi connectivity index (χ1) is 11.2. The van der Waals surface area contributed by atoms with Gasteiger partial charge in [0.25, 0.3) is 0 Å². The molecule has 2 bridgehead atoms. The summed E-state index contributed by atoms with van der Waals surface area (Å²) in [5.41, 5.74) is 0.854. The van der Waals surface area contributed by atoms with Crippen LogP contribution in [0.15, 0.2) is 24.4 Å². The monoisotopic (exact) mass is 334 g/mol. The normalized spacial score (nSPS) is 27.5. The summed E-state index contributed by atoms with van der Waals surface area (Å²) in [7, 11) is 0. The number of nitrogens with one attached hydrogen (secondary N) is 1. The van der Waals surface area contributed by atoms with Crippen molar-refractivity contribution in [1.29, 1.82) is 0 Å². The van der Waals surface area contributed by atoms with Gasteiger partial charge in [0.05, 0.1) is 5.52 Å². The van der Waals surface area contributed by atoms with E-state index in [1.54, 1.807) is 12.3 Å². The van der Waals surface area contributed by atoms with E-state index in [1.165, 1.54) is 12.8 Å². The van der Waals surface area contributed by atoms with Crippen molar-refractivity contribution < 1.29 is 4.39 Å². The predicted octanol–water partition coefficient (Wildman–Crippen LogP) is 3.66. The van der Waals surface area contributed by atoms with Crippen molar-refractivity contribution in [3.05, 3.63) is 29.5 Å². The minimum Gasteiger partial charge on any atom is -0.367 e. The Labute approximate surface area is 140 Å². The van der Waals surface area contributed by atoms with Crippen LogP contribution in [-0.2, 0) is 0 Å². The molecular formula is C17H20ClFN4. The summed E-state index contributed by atoms with van der Waals surface area (Å²) >= 11 is 6.13. The molecule has 122 valence electrons. The Kier molecular flexibility index (Phi) is 4.07. The van der Waals surface area contributed by atoms with Gasteiger partial charge in [-0.15, -0.1) is 0 Å². The number of rotatable bonds is 4. The molecule has 1 N–H and O–H groups in total. The molecule has 4 rings (SSSR count). The topological polar surface area (TPSA) is 41.0 Å². The number of anilines is 1. The standard InChI is InChI=1S/C17H20ClFN4/c18-16-10-15-14(2-1-6-20-15)17(22-16)21-11-8-12-3-4-13(9-11)23(12)7-5-19/h1-2,6,10-13H,3-5,7-9H2,(H,21,22)/t11-,12-,13+. The van der Waals surface area contributed by atoms with Gasteiger partial charge in [-0.05, 0) is 37.8 Å². The summed E-state index contributed by atoms with van der Waals surface area (Å²) in [6, 6.07) is 7.06. The van der Waals surface area contributed by atoms with E-state index in [0.29, 0.717) is 29.8 Å². The van der Waals surface area contributed by atoms with E-state index in [4.69, 9.17) is 11.6 Å². The summed E-state index contributed by atoms with van der Waals surface area (Å²) in [5, 5.41) is 5.02.